The number of rotatable bonds is 3. The molecular formula is C11H12N2O4S2. The van der Waals surface area contributed by atoms with E-state index >= 15 is 0 Å². The molecule has 2 heterocycles. The normalized spacial score (nSPS) is 20.9. The molecule has 0 amide bonds. The van der Waals surface area contributed by atoms with Crippen LogP contribution in [0.25, 0.3) is 0 Å². The van der Waals surface area contributed by atoms with Crippen LogP contribution < -0.4 is 0 Å². The zero-order chi connectivity index (χ0) is 14.0. The van der Waals surface area contributed by atoms with Crippen LogP contribution in [0.15, 0.2) is 16.3 Å². The minimum atomic E-state index is -3.83. The molecule has 0 saturated carbocycles. The number of sulfonamides is 1. The third kappa shape index (κ3) is 2.63. The van der Waals surface area contributed by atoms with Crippen LogP contribution in [0.1, 0.15) is 24.1 Å². The van der Waals surface area contributed by atoms with Gasteiger partial charge in [-0.2, -0.15) is 9.57 Å². The predicted octanol–water partition coefficient (Wildman–Crippen LogP) is 1.25. The first-order chi connectivity index (χ1) is 8.96. The lowest BCUT2D eigenvalue weighted by Gasteiger charge is -2.31. The SMILES string of the molecule is N#Cc1ccc(S(=O)(=O)N2CCCCC2C(=O)O)s1. The molecule has 102 valence electrons. The Morgan fingerprint density at radius 1 is 1.47 bits per heavy atom. The Balaban J connectivity index is 2.37. The maximum absolute atomic E-state index is 12.4. The van der Waals surface area contributed by atoms with E-state index in [-0.39, 0.29) is 10.8 Å². The maximum Gasteiger partial charge on any atom is 0.322 e. The van der Waals surface area contributed by atoms with Gasteiger partial charge in [-0.15, -0.1) is 11.3 Å². The first-order valence-corrected chi connectivity index (χ1v) is 7.97. The summed E-state index contributed by atoms with van der Waals surface area (Å²) in [5.74, 6) is -1.12. The van der Waals surface area contributed by atoms with Gasteiger partial charge in [0.2, 0.25) is 0 Å². The second kappa shape index (κ2) is 5.28. The molecule has 1 aliphatic rings. The summed E-state index contributed by atoms with van der Waals surface area (Å²) >= 11 is 0.864. The highest BCUT2D eigenvalue weighted by atomic mass is 32.2. The standard InChI is InChI=1S/C11H12N2O4S2/c12-7-8-4-5-10(18-8)19(16,17)13-6-2-1-3-9(13)11(14)15/h4-5,9H,1-3,6H2,(H,14,15). The van der Waals surface area contributed by atoms with Crippen molar-refractivity contribution in [1.82, 2.24) is 4.31 Å². The molecule has 0 bridgehead atoms. The molecule has 0 aliphatic carbocycles. The van der Waals surface area contributed by atoms with Crippen molar-refractivity contribution in [2.24, 2.45) is 0 Å². The highest BCUT2D eigenvalue weighted by molar-refractivity contribution is 7.91. The van der Waals surface area contributed by atoms with Gasteiger partial charge < -0.3 is 5.11 Å². The smallest absolute Gasteiger partial charge is 0.322 e. The molecule has 0 radical (unpaired) electrons. The lowest BCUT2D eigenvalue weighted by atomic mass is 10.1. The van der Waals surface area contributed by atoms with Gasteiger partial charge in [0.1, 0.15) is 21.2 Å². The number of hydrogen-bond donors (Lipinski definition) is 1. The number of carboxylic acid groups (broad SMARTS) is 1. The van der Waals surface area contributed by atoms with E-state index in [0.29, 0.717) is 24.1 Å². The van der Waals surface area contributed by atoms with Crippen LogP contribution in [0.5, 0.6) is 0 Å². The number of hydrogen-bond acceptors (Lipinski definition) is 5. The summed E-state index contributed by atoms with van der Waals surface area (Å²) in [6.45, 7) is 0.207. The molecule has 0 spiro atoms. The average Bonchev–Trinajstić information content (AvgIpc) is 2.88. The highest BCUT2D eigenvalue weighted by Gasteiger charge is 2.38. The first-order valence-electron chi connectivity index (χ1n) is 5.71. The Hall–Kier alpha value is -1.43. The van der Waals surface area contributed by atoms with Crippen LogP contribution in [-0.4, -0.2) is 36.4 Å². The van der Waals surface area contributed by atoms with Crippen LogP contribution in [0, 0.1) is 11.3 Å². The fourth-order valence-electron chi connectivity index (χ4n) is 2.07. The molecule has 2 rings (SSSR count). The third-order valence-electron chi connectivity index (χ3n) is 2.99. The molecule has 1 atom stereocenters. The molecule has 19 heavy (non-hydrogen) atoms. The molecule has 1 fully saturated rings. The number of carboxylic acids is 1. The predicted molar refractivity (Wildman–Crippen MR) is 68.2 cm³/mol. The third-order valence-corrected chi connectivity index (χ3v) is 6.36. The van der Waals surface area contributed by atoms with Gasteiger partial charge in [-0.25, -0.2) is 8.42 Å². The molecule has 1 aliphatic heterocycles. The number of piperidine rings is 1. The van der Waals surface area contributed by atoms with Gasteiger partial charge in [0, 0.05) is 6.54 Å². The topological polar surface area (TPSA) is 98.5 Å². The largest absolute Gasteiger partial charge is 0.480 e. The number of aliphatic carboxylic acids is 1. The summed E-state index contributed by atoms with van der Waals surface area (Å²) in [5, 5.41) is 17.8. The van der Waals surface area contributed by atoms with Gasteiger partial charge in [0.15, 0.2) is 0 Å². The van der Waals surface area contributed by atoms with Crippen molar-refractivity contribution in [2.75, 3.05) is 6.54 Å². The van der Waals surface area contributed by atoms with Crippen molar-refractivity contribution in [3.05, 3.63) is 17.0 Å². The Morgan fingerprint density at radius 2 is 2.21 bits per heavy atom. The second-order valence-electron chi connectivity index (χ2n) is 4.20. The Morgan fingerprint density at radius 3 is 2.79 bits per heavy atom. The zero-order valence-corrected chi connectivity index (χ0v) is 11.6. The Labute approximate surface area is 114 Å². The molecule has 1 unspecified atom stereocenters. The van der Waals surface area contributed by atoms with E-state index in [9.17, 15) is 13.2 Å². The monoisotopic (exact) mass is 300 g/mol. The van der Waals surface area contributed by atoms with Crippen molar-refractivity contribution in [3.63, 3.8) is 0 Å². The van der Waals surface area contributed by atoms with Crippen LogP contribution in [0.3, 0.4) is 0 Å². The van der Waals surface area contributed by atoms with Crippen molar-refractivity contribution in [1.29, 1.82) is 5.26 Å². The summed E-state index contributed by atoms with van der Waals surface area (Å²) in [5.41, 5.74) is 0. The molecular weight excluding hydrogens is 288 g/mol. The van der Waals surface area contributed by atoms with Gasteiger partial charge in [0.05, 0.1) is 0 Å². The van der Waals surface area contributed by atoms with E-state index in [1.807, 2.05) is 6.07 Å². The van der Waals surface area contributed by atoms with Crippen LogP contribution in [0.4, 0.5) is 0 Å². The van der Waals surface area contributed by atoms with E-state index in [1.165, 1.54) is 12.1 Å². The second-order valence-corrected chi connectivity index (χ2v) is 7.40. The number of nitrogens with zero attached hydrogens (tertiary/aromatic N) is 2. The summed E-state index contributed by atoms with van der Waals surface area (Å²) in [6, 6.07) is 3.65. The van der Waals surface area contributed by atoms with E-state index in [1.54, 1.807) is 0 Å². The maximum atomic E-state index is 12.4. The lowest BCUT2D eigenvalue weighted by molar-refractivity contribution is -0.142. The highest BCUT2D eigenvalue weighted by Crippen LogP contribution is 2.29. The van der Waals surface area contributed by atoms with Gasteiger partial charge in [-0.3, -0.25) is 4.79 Å². The van der Waals surface area contributed by atoms with Gasteiger partial charge in [-0.1, -0.05) is 0 Å². The summed E-state index contributed by atoms with van der Waals surface area (Å²) in [7, 11) is -3.83. The Bertz CT molecular complexity index is 629. The number of carbonyl (C=O) groups is 1. The number of nitriles is 1. The first kappa shape index (κ1) is 14.0. The molecule has 6 nitrogen and oxygen atoms in total. The molecule has 1 N–H and O–H groups in total. The summed E-state index contributed by atoms with van der Waals surface area (Å²) in [6.07, 6.45) is 1.68. The van der Waals surface area contributed by atoms with Crippen molar-refractivity contribution < 1.29 is 18.3 Å². The van der Waals surface area contributed by atoms with E-state index < -0.39 is 22.0 Å². The van der Waals surface area contributed by atoms with E-state index in [4.69, 9.17) is 10.4 Å². The van der Waals surface area contributed by atoms with Crippen LogP contribution >= 0.6 is 11.3 Å². The van der Waals surface area contributed by atoms with Crippen molar-refractivity contribution in [3.8, 4) is 6.07 Å². The summed E-state index contributed by atoms with van der Waals surface area (Å²) < 4.78 is 25.8. The van der Waals surface area contributed by atoms with Crippen LogP contribution in [-0.2, 0) is 14.8 Å². The quantitative estimate of drug-likeness (QED) is 0.905. The van der Waals surface area contributed by atoms with E-state index in [2.05, 4.69) is 0 Å². The Kier molecular flexibility index (Phi) is 3.89. The molecule has 8 heteroatoms. The van der Waals surface area contributed by atoms with Gasteiger partial charge in [-0.05, 0) is 31.4 Å². The minimum Gasteiger partial charge on any atom is -0.480 e. The zero-order valence-electron chi connectivity index (χ0n) is 9.94. The van der Waals surface area contributed by atoms with E-state index in [0.717, 1.165) is 15.6 Å². The lowest BCUT2D eigenvalue weighted by Crippen LogP contribution is -2.47. The van der Waals surface area contributed by atoms with Gasteiger partial charge in [0.25, 0.3) is 10.0 Å². The number of thiophene rings is 1. The van der Waals surface area contributed by atoms with Gasteiger partial charge >= 0.3 is 5.97 Å². The molecule has 1 aromatic heterocycles. The fraction of sp³-hybridized carbons (Fsp3) is 0.455. The summed E-state index contributed by atoms with van der Waals surface area (Å²) in [4.78, 5) is 11.4. The molecule has 1 saturated heterocycles. The fourth-order valence-corrected chi connectivity index (χ4v) is 4.96. The van der Waals surface area contributed by atoms with Crippen LogP contribution in [0.2, 0.25) is 0 Å². The van der Waals surface area contributed by atoms with Crippen molar-refractivity contribution >= 4 is 27.3 Å². The average molecular weight is 300 g/mol. The van der Waals surface area contributed by atoms with Crippen molar-refractivity contribution in [2.45, 2.75) is 29.5 Å². The minimum absolute atomic E-state index is 0.0252. The molecule has 0 aromatic carbocycles. The molecule has 1 aromatic rings.